The molecule has 1 aliphatic rings. The zero-order valence-corrected chi connectivity index (χ0v) is 15.3. The summed E-state index contributed by atoms with van der Waals surface area (Å²) in [4.78, 5) is 14.9. The lowest BCUT2D eigenvalue weighted by molar-refractivity contribution is -0.131. The number of aromatic nitrogens is 2. The Morgan fingerprint density at radius 2 is 2.04 bits per heavy atom. The number of rotatable bonds is 5. The van der Waals surface area contributed by atoms with E-state index in [4.69, 9.17) is 9.47 Å². The molecule has 1 aromatic carbocycles. The van der Waals surface area contributed by atoms with E-state index in [2.05, 4.69) is 10.2 Å². The van der Waals surface area contributed by atoms with E-state index in [9.17, 15) is 4.79 Å². The fourth-order valence-electron chi connectivity index (χ4n) is 3.56. The number of aryl methyl sites for hydroxylation is 2. The minimum atomic E-state index is 0.0832. The maximum atomic E-state index is 12.9. The Morgan fingerprint density at radius 3 is 2.68 bits per heavy atom. The van der Waals surface area contributed by atoms with Crippen molar-refractivity contribution in [1.29, 1.82) is 0 Å². The fraction of sp³-hybridized carbons (Fsp3) is 0.474. The maximum absolute atomic E-state index is 12.9. The van der Waals surface area contributed by atoms with Gasteiger partial charge in [-0.3, -0.25) is 9.89 Å². The lowest BCUT2D eigenvalue weighted by Gasteiger charge is -2.26. The van der Waals surface area contributed by atoms with E-state index in [0.717, 1.165) is 41.9 Å². The largest absolute Gasteiger partial charge is 0.493 e. The molecular formula is C19H25N3O3. The molecule has 134 valence electrons. The Morgan fingerprint density at radius 1 is 1.28 bits per heavy atom. The molecule has 3 rings (SSSR count). The van der Waals surface area contributed by atoms with Crippen molar-refractivity contribution in [1.82, 2.24) is 15.1 Å². The van der Waals surface area contributed by atoms with Gasteiger partial charge in [0.1, 0.15) is 0 Å². The fourth-order valence-corrected chi connectivity index (χ4v) is 3.56. The zero-order valence-electron chi connectivity index (χ0n) is 15.3. The third-order valence-corrected chi connectivity index (χ3v) is 4.97. The highest BCUT2D eigenvalue weighted by Crippen LogP contribution is 2.37. The minimum Gasteiger partial charge on any atom is -0.493 e. The van der Waals surface area contributed by atoms with E-state index in [0.29, 0.717) is 17.9 Å². The van der Waals surface area contributed by atoms with Gasteiger partial charge in [-0.25, -0.2) is 0 Å². The molecule has 2 heterocycles. The van der Waals surface area contributed by atoms with Crippen molar-refractivity contribution < 1.29 is 14.3 Å². The van der Waals surface area contributed by atoms with Gasteiger partial charge in [-0.05, 0) is 44.4 Å². The van der Waals surface area contributed by atoms with Gasteiger partial charge in [-0.15, -0.1) is 0 Å². The molecule has 1 fully saturated rings. The third kappa shape index (κ3) is 3.34. The monoisotopic (exact) mass is 343 g/mol. The number of amides is 1. The van der Waals surface area contributed by atoms with Crippen molar-refractivity contribution in [2.75, 3.05) is 20.8 Å². The molecule has 1 saturated heterocycles. The van der Waals surface area contributed by atoms with Gasteiger partial charge in [0.25, 0.3) is 0 Å². The summed E-state index contributed by atoms with van der Waals surface area (Å²) in [5.74, 6) is 1.54. The Bertz CT molecular complexity index is 750. The molecule has 0 aliphatic carbocycles. The number of methoxy groups -OCH3 is 2. The van der Waals surface area contributed by atoms with Crippen molar-refractivity contribution in [2.45, 2.75) is 39.2 Å². The standard InChI is InChI=1S/C19H25N3O3/c1-12-15(13(2)21-20-12)11-19(23)22-9-5-6-16(22)14-7-8-17(24-3)18(10-14)25-4/h7-8,10,16H,5-6,9,11H2,1-4H3,(H,20,21)/t16-/m1/s1. The molecule has 6 nitrogen and oxygen atoms in total. The predicted molar refractivity (Wildman–Crippen MR) is 95.0 cm³/mol. The lowest BCUT2D eigenvalue weighted by atomic mass is 10.0. The van der Waals surface area contributed by atoms with E-state index in [-0.39, 0.29) is 11.9 Å². The second kappa shape index (κ2) is 7.17. The zero-order chi connectivity index (χ0) is 18.0. The van der Waals surface area contributed by atoms with Gasteiger partial charge in [0.2, 0.25) is 5.91 Å². The molecule has 25 heavy (non-hydrogen) atoms. The number of likely N-dealkylation sites (tertiary alicyclic amines) is 1. The van der Waals surface area contributed by atoms with Gasteiger partial charge in [0.05, 0.1) is 32.4 Å². The van der Waals surface area contributed by atoms with Crippen LogP contribution in [0.2, 0.25) is 0 Å². The van der Waals surface area contributed by atoms with Gasteiger partial charge in [0.15, 0.2) is 11.5 Å². The number of aromatic amines is 1. The first kappa shape index (κ1) is 17.3. The summed E-state index contributed by atoms with van der Waals surface area (Å²) in [7, 11) is 3.25. The molecular weight excluding hydrogens is 318 g/mol. The van der Waals surface area contributed by atoms with Gasteiger partial charge in [-0.1, -0.05) is 6.07 Å². The number of benzene rings is 1. The molecule has 1 N–H and O–H groups in total. The van der Waals surface area contributed by atoms with Crippen LogP contribution < -0.4 is 9.47 Å². The Kier molecular flexibility index (Phi) is 4.97. The van der Waals surface area contributed by atoms with Crippen LogP contribution in [0.5, 0.6) is 11.5 Å². The van der Waals surface area contributed by atoms with Crippen LogP contribution in [0.4, 0.5) is 0 Å². The highest BCUT2D eigenvalue weighted by molar-refractivity contribution is 5.80. The summed E-state index contributed by atoms with van der Waals surface area (Å²) < 4.78 is 10.7. The topological polar surface area (TPSA) is 67.5 Å². The summed E-state index contributed by atoms with van der Waals surface area (Å²) in [6, 6.07) is 5.98. The summed E-state index contributed by atoms with van der Waals surface area (Å²) in [5.41, 5.74) is 3.95. The molecule has 0 bridgehead atoms. The Labute approximate surface area is 148 Å². The van der Waals surface area contributed by atoms with Crippen LogP contribution >= 0.6 is 0 Å². The van der Waals surface area contributed by atoms with Crippen LogP contribution in [0, 0.1) is 13.8 Å². The van der Waals surface area contributed by atoms with Crippen molar-refractivity contribution in [3.05, 3.63) is 40.7 Å². The average molecular weight is 343 g/mol. The number of nitrogens with zero attached hydrogens (tertiary/aromatic N) is 2. The molecule has 6 heteroatoms. The quantitative estimate of drug-likeness (QED) is 0.906. The highest BCUT2D eigenvalue weighted by atomic mass is 16.5. The van der Waals surface area contributed by atoms with Crippen molar-refractivity contribution in [3.63, 3.8) is 0 Å². The molecule has 0 radical (unpaired) electrons. The summed E-state index contributed by atoms with van der Waals surface area (Å²) in [6.07, 6.45) is 2.36. The summed E-state index contributed by atoms with van der Waals surface area (Å²) in [6.45, 7) is 4.67. The van der Waals surface area contributed by atoms with Crippen LogP contribution in [0.15, 0.2) is 18.2 Å². The first-order chi connectivity index (χ1) is 12.0. The minimum absolute atomic E-state index is 0.0832. The van der Waals surface area contributed by atoms with E-state index >= 15 is 0 Å². The van der Waals surface area contributed by atoms with E-state index in [1.54, 1.807) is 14.2 Å². The first-order valence-corrected chi connectivity index (χ1v) is 8.57. The molecule has 0 spiro atoms. The first-order valence-electron chi connectivity index (χ1n) is 8.57. The number of nitrogens with one attached hydrogen (secondary N) is 1. The molecule has 1 amide bonds. The van der Waals surface area contributed by atoms with E-state index < -0.39 is 0 Å². The van der Waals surface area contributed by atoms with Crippen molar-refractivity contribution in [3.8, 4) is 11.5 Å². The second-order valence-corrected chi connectivity index (χ2v) is 6.45. The Hall–Kier alpha value is -2.50. The summed E-state index contributed by atoms with van der Waals surface area (Å²) in [5, 5.41) is 7.14. The van der Waals surface area contributed by atoms with Gasteiger partial charge in [0, 0.05) is 17.8 Å². The third-order valence-electron chi connectivity index (χ3n) is 4.97. The number of ether oxygens (including phenoxy) is 2. The van der Waals surface area contributed by atoms with Gasteiger partial charge < -0.3 is 14.4 Å². The number of H-pyrrole nitrogens is 1. The average Bonchev–Trinajstić information content (AvgIpc) is 3.23. The van der Waals surface area contributed by atoms with Crippen LogP contribution in [-0.4, -0.2) is 41.8 Å². The molecule has 1 aliphatic heterocycles. The number of carbonyl (C=O) groups is 1. The summed E-state index contributed by atoms with van der Waals surface area (Å²) >= 11 is 0. The van der Waals surface area contributed by atoms with Crippen LogP contribution in [0.3, 0.4) is 0 Å². The van der Waals surface area contributed by atoms with Gasteiger partial charge >= 0.3 is 0 Å². The van der Waals surface area contributed by atoms with E-state index in [1.165, 1.54) is 0 Å². The van der Waals surface area contributed by atoms with E-state index in [1.807, 2.05) is 36.9 Å². The van der Waals surface area contributed by atoms with Crippen LogP contribution in [-0.2, 0) is 11.2 Å². The molecule has 2 aromatic rings. The van der Waals surface area contributed by atoms with Crippen molar-refractivity contribution in [2.24, 2.45) is 0 Å². The molecule has 0 unspecified atom stereocenters. The predicted octanol–water partition coefficient (Wildman–Crippen LogP) is 2.95. The Balaban J connectivity index is 1.82. The maximum Gasteiger partial charge on any atom is 0.227 e. The number of hydrogen-bond donors (Lipinski definition) is 1. The van der Waals surface area contributed by atoms with Crippen molar-refractivity contribution >= 4 is 5.91 Å². The van der Waals surface area contributed by atoms with Crippen LogP contribution in [0.1, 0.15) is 41.4 Å². The molecule has 1 aromatic heterocycles. The highest BCUT2D eigenvalue weighted by Gasteiger charge is 2.31. The number of carbonyl (C=O) groups excluding carboxylic acids is 1. The SMILES string of the molecule is COc1ccc([C@H]2CCCN2C(=O)Cc2c(C)n[nH]c2C)cc1OC. The normalized spacial score (nSPS) is 17.0. The number of hydrogen-bond acceptors (Lipinski definition) is 4. The smallest absolute Gasteiger partial charge is 0.227 e. The second-order valence-electron chi connectivity index (χ2n) is 6.45. The molecule has 0 saturated carbocycles. The molecule has 1 atom stereocenters. The lowest BCUT2D eigenvalue weighted by Crippen LogP contribution is -2.32. The van der Waals surface area contributed by atoms with Gasteiger partial charge in [-0.2, -0.15) is 5.10 Å². The van der Waals surface area contributed by atoms with Crippen LogP contribution in [0.25, 0.3) is 0 Å².